The number of nitrogen functional groups attached to an aromatic ring is 1. The number of nitrogens with two attached hydrogens (primary N) is 1. The van der Waals surface area contributed by atoms with E-state index in [1.807, 2.05) is 17.4 Å². The fourth-order valence-electron chi connectivity index (χ4n) is 2.56. The van der Waals surface area contributed by atoms with Crippen LogP contribution in [0.2, 0.25) is 0 Å². The number of nitrogens with zero attached hydrogens (tertiary/aromatic N) is 2. The number of thiazole rings is 1. The monoisotopic (exact) mass is 301 g/mol. The van der Waals surface area contributed by atoms with Gasteiger partial charge in [-0.05, 0) is 42.2 Å². The normalized spacial score (nSPS) is 11.5. The van der Waals surface area contributed by atoms with Gasteiger partial charge in [0.05, 0.1) is 18.5 Å². The predicted octanol–water partition coefficient (Wildman–Crippen LogP) is 4.09. The molecule has 0 aliphatic rings. The Bertz CT molecular complexity index is 801. The molecule has 21 heavy (non-hydrogen) atoms. The second kappa shape index (κ2) is 5.07. The molecule has 0 spiro atoms. The summed E-state index contributed by atoms with van der Waals surface area (Å²) in [4.78, 5) is 5.59. The number of benzene rings is 1. The SMILES string of the molecule is COc1ccc(-c2csc3nc(C(C)C)c(N)n23)cc1C. The van der Waals surface area contributed by atoms with E-state index in [0.29, 0.717) is 5.92 Å². The highest BCUT2D eigenvalue weighted by Crippen LogP contribution is 2.34. The van der Waals surface area contributed by atoms with Crippen LogP contribution in [0.4, 0.5) is 5.82 Å². The van der Waals surface area contributed by atoms with Crippen LogP contribution in [0.15, 0.2) is 23.6 Å². The van der Waals surface area contributed by atoms with Crippen molar-refractivity contribution in [3.05, 3.63) is 34.8 Å². The molecule has 2 aromatic heterocycles. The summed E-state index contributed by atoms with van der Waals surface area (Å²) in [7, 11) is 1.69. The van der Waals surface area contributed by atoms with Crippen LogP contribution in [0.25, 0.3) is 16.2 Å². The van der Waals surface area contributed by atoms with E-state index in [-0.39, 0.29) is 0 Å². The van der Waals surface area contributed by atoms with Gasteiger partial charge in [0.25, 0.3) is 0 Å². The molecule has 110 valence electrons. The van der Waals surface area contributed by atoms with Crippen LogP contribution in [0.1, 0.15) is 31.0 Å². The van der Waals surface area contributed by atoms with Gasteiger partial charge in [0.1, 0.15) is 11.6 Å². The number of ether oxygens (including phenoxy) is 1. The lowest BCUT2D eigenvalue weighted by atomic mass is 10.1. The zero-order chi connectivity index (χ0) is 15.1. The molecule has 0 atom stereocenters. The second-order valence-corrected chi connectivity index (χ2v) is 6.30. The minimum atomic E-state index is 0.322. The summed E-state index contributed by atoms with van der Waals surface area (Å²) >= 11 is 1.62. The number of hydrogen-bond acceptors (Lipinski definition) is 4. The van der Waals surface area contributed by atoms with Gasteiger partial charge in [0, 0.05) is 5.38 Å². The standard InChI is InChI=1S/C16H19N3OS/c1-9(2)14-15(17)19-12(8-21-16(19)18-14)11-5-6-13(20-4)10(3)7-11/h5-9H,17H2,1-4H3. The lowest BCUT2D eigenvalue weighted by molar-refractivity contribution is 0.412. The van der Waals surface area contributed by atoms with Crippen molar-refractivity contribution in [1.82, 2.24) is 9.38 Å². The topological polar surface area (TPSA) is 52.5 Å². The lowest BCUT2D eigenvalue weighted by Crippen LogP contribution is -1.99. The van der Waals surface area contributed by atoms with E-state index in [1.165, 1.54) is 0 Å². The van der Waals surface area contributed by atoms with E-state index in [1.54, 1.807) is 18.4 Å². The molecule has 0 bridgehead atoms. The van der Waals surface area contributed by atoms with Crippen LogP contribution in [0.5, 0.6) is 5.75 Å². The molecule has 2 heterocycles. The molecule has 0 fully saturated rings. The van der Waals surface area contributed by atoms with Gasteiger partial charge in [-0.2, -0.15) is 0 Å². The number of methoxy groups -OCH3 is 1. The van der Waals surface area contributed by atoms with Crippen molar-refractivity contribution in [3.63, 3.8) is 0 Å². The van der Waals surface area contributed by atoms with Gasteiger partial charge in [-0.3, -0.25) is 4.40 Å². The number of aromatic nitrogens is 2. The van der Waals surface area contributed by atoms with E-state index in [0.717, 1.165) is 39.0 Å². The Kier molecular flexibility index (Phi) is 3.37. The highest BCUT2D eigenvalue weighted by molar-refractivity contribution is 7.15. The van der Waals surface area contributed by atoms with Crippen LogP contribution >= 0.6 is 11.3 Å². The average molecular weight is 301 g/mol. The summed E-state index contributed by atoms with van der Waals surface area (Å²) < 4.78 is 7.37. The van der Waals surface area contributed by atoms with E-state index >= 15 is 0 Å². The van der Waals surface area contributed by atoms with Crippen LogP contribution in [0.3, 0.4) is 0 Å². The quantitative estimate of drug-likeness (QED) is 0.793. The van der Waals surface area contributed by atoms with Crippen molar-refractivity contribution >= 4 is 22.1 Å². The third kappa shape index (κ3) is 2.17. The Labute approximate surface area is 128 Å². The van der Waals surface area contributed by atoms with Crippen molar-refractivity contribution in [2.24, 2.45) is 0 Å². The van der Waals surface area contributed by atoms with Gasteiger partial charge in [-0.15, -0.1) is 11.3 Å². The fourth-order valence-corrected chi connectivity index (χ4v) is 3.47. The molecule has 5 heteroatoms. The predicted molar refractivity (Wildman–Crippen MR) is 88.3 cm³/mol. The second-order valence-electron chi connectivity index (χ2n) is 5.46. The molecule has 0 aliphatic carbocycles. The zero-order valence-electron chi connectivity index (χ0n) is 12.7. The molecule has 0 saturated carbocycles. The maximum absolute atomic E-state index is 6.30. The average Bonchev–Trinajstić information content (AvgIpc) is 2.99. The summed E-state index contributed by atoms with van der Waals surface area (Å²) in [5.41, 5.74) is 10.6. The number of hydrogen-bond donors (Lipinski definition) is 1. The number of aryl methyl sites for hydroxylation is 1. The summed E-state index contributed by atoms with van der Waals surface area (Å²) in [6.07, 6.45) is 0. The van der Waals surface area contributed by atoms with Crippen molar-refractivity contribution in [3.8, 4) is 17.0 Å². The van der Waals surface area contributed by atoms with E-state index in [2.05, 4.69) is 36.3 Å². The van der Waals surface area contributed by atoms with Crippen molar-refractivity contribution in [2.45, 2.75) is 26.7 Å². The van der Waals surface area contributed by atoms with Crippen molar-refractivity contribution in [1.29, 1.82) is 0 Å². The largest absolute Gasteiger partial charge is 0.496 e. The summed E-state index contributed by atoms with van der Waals surface area (Å²) in [6, 6.07) is 6.17. The summed E-state index contributed by atoms with van der Waals surface area (Å²) in [5.74, 6) is 1.96. The first-order valence-electron chi connectivity index (χ1n) is 6.93. The molecule has 0 radical (unpaired) electrons. The molecule has 1 aromatic carbocycles. The first-order chi connectivity index (χ1) is 10.0. The molecule has 0 amide bonds. The van der Waals surface area contributed by atoms with Crippen LogP contribution in [-0.4, -0.2) is 16.5 Å². The number of fused-ring (bicyclic) bond motifs is 1. The van der Waals surface area contributed by atoms with Crippen LogP contribution < -0.4 is 10.5 Å². The third-order valence-electron chi connectivity index (χ3n) is 3.67. The minimum absolute atomic E-state index is 0.322. The Morgan fingerprint density at radius 3 is 2.71 bits per heavy atom. The van der Waals surface area contributed by atoms with Crippen LogP contribution in [-0.2, 0) is 0 Å². The van der Waals surface area contributed by atoms with Gasteiger partial charge in [0.15, 0.2) is 4.96 Å². The number of anilines is 1. The fraction of sp³-hybridized carbons (Fsp3) is 0.312. The first kappa shape index (κ1) is 13.9. The van der Waals surface area contributed by atoms with Gasteiger partial charge in [-0.1, -0.05) is 13.8 Å². The Morgan fingerprint density at radius 2 is 2.10 bits per heavy atom. The first-order valence-corrected chi connectivity index (χ1v) is 7.81. The number of rotatable bonds is 3. The maximum atomic E-state index is 6.30. The third-order valence-corrected chi connectivity index (χ3v) is 4.49. The molecule has 0 saturated heterocycles. The molecule has 3 aromatic rings. The molecule has 2 N–H and O–H groups in total. The Hall–Kier alpha value is -2.01. The summed E-state index contributed by atoms with van der Waals surface area (Å²) in [5, 5.41) is 2.10. The summed E-state index contributed by atoms with van der Waals surface area (Å²) in [6.45, 7) is 6.27. The van der Waals surface area contributed by atoms with E-state index < -0.39 is 0 Å². The van der Waals surface area contributed by atoms with E-state index in [4.69, 9.17) is 10.5 Å². The molecule has 0 aliphatic heterocycles. The smallest absolute Gasteiger partial charge is 0.196 e. The molecule has 4 nitrogen and oxygen atoms in total. The Balaban J connectivity index is 2.18. The molecule has 3 rings (SSSR count). The van der Waals surface area contributed by atoms with Crippen LogP contribution in [0, 0.1) is 6.92 Å². The maximum Gasteiger partial charge on any atom is 0.196 e. The van der Waals surface area contributed by atoms with Gasteiger partial charge in [0.2, 0.25) is 0 Å². The van der Waals surface area contributed by atoms with Gasteiger partial charge >= 0.3 is 0 Å². The highest BCUT2D eigenvalue weighted by Gasteiger charge is 2.17. The van der Waals surface area contributed by atoms with Gasteiger partial charge < -0.3 is 10.5 Å². The van der Waals surface area contributed by atoms with Crippen molar-refractivity contribution in [2.75, 3.05) is 12.8 Å². The minimum Gasteiger partial charge on any atom is -0.496 e. The van der Waals surface area contributed by atoms with E-state index in [9.17, 15) is 0 Å². The highest BCUT2D eigenvalue weighted by atomic mass is 32.1. The zero-order valence-corrected chi connectivity index (χ0v) is 13.5. The Morgan fingerprint density at radius 1 is 1.33 bits per heavy atom. The van der Waals surface area contributed by atoms with Crippen molar-refractivity contribution < 1.29 is 4.74 Å². The molecular formula is C16H19N3OS. The molecule has 0 unspecified atom stereocenters. The number of imidazole rings is 1. The van der Waals surface area contributed by atoms with Gasteiger partial charge in [-0.25, -0.2) is 4.98 Å². The lowest BCUT2D eigenvalue weighted by Gasteiger charge is -2.08. The molecular weight excluding hydrogens is 282 g/mol.